The molecule has 18 rings (SSSR count). The number of fused-ring (bicyclic) bond motifs is 4. The van der Waals surface area contributed by atoms with Crippen LogP contribution in [0.15, 0.2) is 215 Å². The Labute approximate surface area is 705 Å². The molecule has 594 valence electrons. The van der Waals surface area contributed by atoms with E-state index in [4.69, 9.17) is 67.7 Å². The molecule has 10 N–H and O–H groups in total. The van der Waals surface area contributed by atoms with Gasteiger partial charge in [-0.05, 0) is 162 Å². The third-order valence-corrected chi connectivity index (χ3v) is 22.4. The van der Waals surface area contributed by atoms with Crippen LogP contribution in [0.25, 0.3) is 55.2 Å². The predicted octanol–water partition coefficient (Wildman–Crippen LogP) is 16.5. The number of nitrogens with zero attached hydrogens (tertiary/aromatic N) is 12. The van der Waals surface area contributed by atoms with E-state index in [1.165, 1.54) is 70.3 Å². The van der Waals surface area contributed by atoms with Crippen molar-refractivity contribution in [2.75, 3.05) is 121 Å². The van der Waals surface area contributed by atoms with E-state index in [2.05, 4.69) is 177 Å². The Bertz CT molecular complexity index is 5830. The number of hydrogen-bond acceptors (Lipinski definition) is 18. The number of nitrogens with two attached hydrogens (primary N) is 4. The third kappa shape index (κ3) is 20.4. The lowest BCUT2D eigenvalue weighted by molar-refractivity contribution is 0.213. The first kappa shape index (κ1) is 80.9. The maximum Gasteiger partial charge on any atom is 0.139 e. The Morgan fingerprint density at radius 2 is 0.805 bits per heavy atom. The molecule has 0 radical (unpaired) electrons. The summed E-state index contributed by atoms with van der Waals surface area (Å²) < 4.78 is 0. The van der Waals surface area contributed by atoms with Gasteiger partial charge in [0.05, 0.1) is 48.4 Å². The average molecular weight is 1620 g/mol. The molecule has 2 saturated heterocycles. The van der Waals surface area contributed by atoms with E-state index in [1.54, 1.807) is 24.8 Å². The van der Waals surface area contributed by atoms with Crippen molar-refractivity contribution < 1.29 is 0 Å². The Hall–Kier alpha value is -12.3. The van der Waals surface area contributed by atoms with Crippen molar-refractivity contribution in [1.82, 2.24) is 50.2 Å². The van der Waals surface area contributed by atoms with Crippen LogP contribution in [0, 0.1) is 42.4 Å². The summed E-state index contributed by atoms with van der Waals surface area (Å²) in [4.78, 5) is 45.7. The molecule has 8 aromatic carbocycles. The molecule has 0 unspecified atom stereocenters. The lowest BCUT2D eigenvalue weighted by Crippen LogP contribution is -2.39. The molecule has 6 aliphatic rings. The highest BCUT2D eigenvalue weighted by Gasteiger charge is 2.26. The van der Waals surface area contributed by atoms with Crippen LogP contribution in [0.5, 0.6) is 0 Å². The van der Waals surface area contributed by atoms with Gasteiger partial charge in [0.2, 0.25) is 0 Å². The smallest absolute Gasteiger partial charge is 0.139 e. The Morgan fingerprint density at radius 1 is 0.398 bits per heavy atom. The van der Waals surface area contributed by atoms with E-state index < -0.39 is 0 Å². The standard InChI is InChI=1S/2C27H28ClN5.C23H22N4.C20H17ClN4/c2*28-23-10-9-22-19-31-26(29)24(25(22)18-23)11-6-20-4-7-21(8-5-20)27-30-12-15-33(27)17-16-32-13-2-1-3-14-32;1-15-4-8-18-13-25-21(24)19(20(18)12-15)11-7-16-5-9-17(10-6-16)22-26-14-23(2,3)27-22;21-16-7-6-15-12-25-19(22)17(18(15)11-16)8-3-13-1-4-14(5-2-13)20-23-9-10-24-20/h2*4-5,7-10,18-19H,1-3,12-17H2,(H2,29,31);4-6,8-10,12-13H,14H2,1-3H3,(H2,24,25)(H,26,27);1-8,11-12H,9-10H2,(H2,22,25)(H,23,24)/b;;;8-3-. The number of rotatable bonds is 12. The number of aliphatic imine (C=N–C) groups is 4. The molecule has 0 aliphatic carbocycles. The fourth-order valence-corrected chi connectivity index (χ4v) is 15.8. The van der Waals surface area contributed by atoms with Gasteiger partial charge in [-0.3, -0.25) is 20.0 Å². The van der Waals surface area contributed by atoms with E-state index in [1.807, 2.05) is 121 Å². The molecular weight excluding hydrogens is 1520 g/mol. The van der Waals surface area contributed by atoms with Gasteiger partial charge < -0.3 is 53.2 Å². The summed E-state index contributed by atoms with van der Waals surface area (Å²) in [6.07, 6.45) is 19.1. The minimum Gasteiger partial charge on any atom is -0.383 e. The number of aromatic nitrogens is 4. The Kier molecular flexibility index (Phi) is 25.9. The number of aryl methyl sites for hydroxylation is 1. The molecule has 0 bridgehead atoms. The van der Waals surface area contributed by atoms with Gasteiger partial charge in [0.1, 0.15) is 46.6 Å². The fraction of sp³-hybridized carbons (Fsp3) is 0.258. The lowest BCUT2D eigenvalue weighted by Gasteiger charge is -2.29. The van der Waals surface area contributed by atoms with E-state index >= 15 is 0 Å². The first-order valence-corrected chi connectivity index (χ1v) is 41.6. The second-order valence-electron chi connectivity index (χ2n) is 30.9. The predicted molar refractivity (Wildman–Crippen MR) is 492 cm³/mol. The van der Waals surface area contributed by atoms with Crippen molar-refractivity contribution in [2.24, 2.45) is 20.0 Å². The summed E-state index contributed by atoms with van der Waals surface area (Å²) in [5.41, 5.74) is 37.0. The summed E-state index contributed by atoms with van der Waals surface area (Å²) in [5, 5.41) is 16.6. The lowest BCUT2D eigenvalue weighted by atomic mass is 10.0. The summed E-state index contributed by atoms with van der Waals surface area (Å²) in [5.74, 6) is 25.2. The largest absolute Gasteiger partial charge is 0.383 e. The van der Waals surface area contributed by atoms with Gasteiger partial charge in [0, 0.05) is 168 Å². The van der Waals surface area contributed by atoms with Gasteiger partial charge in [-0.15, -0.1) is 0 Å². The van der Waals surface area contributed by atoms with Gasteiger partial charge in [0.15, 0.2) is 0 Å². The molecule has 0 spiro atoms. The van der Waals surface area contributed by atoms with Crippen LogP contribution in [-0.4, -0.2) is 167 Å². The minimum atomic E-state index is 0.0187. The zero-order chi connectivity index (χ0) is 81.5. The van der Waals surface area contributed by atoms with Crippen molar-refractivity contribution in [3.05, 3.63) is 282 Å². The third-order valence-electron chi connectivity index (χ3n) is 21.7. The Morgan fingerprint density at radius 3 is 1.25 bits per heavy atom. The van der Waals surface area contributed by atoms with E-state index in [0.717, 1.165) is 194 Å². The van der Waals surface area contributed by atoms with Crippen molar-refractivity contribution in [2.45, 2.75) is 64.8 Å². The molecule has 21 heteroatoms. The summed E-state index contributed by atoms with van der Waals surface area (Å²) in [6, 6.07) is 56.3. The topological polar surface area (TPSA) is 242 Å². The van der Waals surface area contributed by atoms with Gasteiger partial charge in [0.25, 0.3) is 0 Å². The fourth-order valence-electron chi connectivity index (χ4n) is 15.3. The molecule has 118 heavy (non-hydrogen) atoms. The second-order valence-corrected chi connectivity index (χ2v) is 32.2. The summed E-state index contributed by atoms with van der Waals surface area (Å²) in [6.45, 7) is 21.9. The quantitative estimate of drug-likeness (QED) is 0.0624. The van der Waals surface area contributed by atoms with Crippen molar-refractivity contribution >= 4 is 137 Å². The van der Waals surface area contributed by atoms with Gasteiger partial charge in [-0.2, -0.15) is 0 Å². The van der Waals surface area contributed by atoms with Gasteiger partial charge >= 0.3 is 0 Å². The first-order chi connectivity index (χ1) is 57.5. The Balaban J connectivity index is 0.000000124. The highest BCUT2D eigenvalue weighted by atomic mass is 35.5. The molecule has 6 aliphatic heterocycles. The van der Waals surface area contributed by atoms with Crippen LogP contribution in [0.2, 0.25) is 15.1 Å². The number of nitrogen functional groups attached to an aromatic ring is 4. The maximum atomic E-state index is 6.19. The van der Waals surface area contributed by atoms with Crippen LogP contribution >= 0.6 is 34.8 Å². The van der Waals surface area contributed by atoms with Crippen LogP contribution < -0.4 is 33.6 Å². The van der Waals surface area contributed by atoms with Crippen molar-refractivity contribution in [3.8, 4) is 35.5 Å². The second kappa shape index (κ2) is 37.7. The normalized spacial score (nSPS) is 15.6. The average Bonchev–Trinajstić information content (AvgIpc) is 1.10. The van der Waals surface area contributed by atoms with Crippen LogP contribution in [0.4, 0.5) is 23.3 Å². The monoisotopic (exact) mass is 1620 g/mol. The number of likely N-dealkylation sites (tertiary alicyclic amines) is 2. The van der Waals surface area contributed by atoms with Crippen molar-refractivity contribution in [3.63, 3.8) is 0 Å². The first-order valence-electron chi connectivity index (χ1n) is 40.4. The molecule has 10 heterocycles. The molecule has 0 amide bonds. The zero-order valence-corrected chi connectivity index (χ0v) is 69.1. The number of amidine groups is 4. The number of piperidine rings is 2. The molecular formula is C97H95Cl3N18. The van der Waals surface area contributed by atoms with Crippen LogP contribution in [0.3, 0.4) is 0 Å². The number of halogens is 3. The van der Waals surface area contributed by atoms with Gasteiger partial charge in [-0.25, -0.2) is 19.9 Å². The SMILES string of the molecule is Cc1ccc2cnc(N)c(C#Cc3ccc(C4=NCC(C)(C)N4)cc3)c2c1.Nc1ncc2ccc(Cl)cc2c1/C=C\c1ccc(C2=NCCN2)cc1.Nc1ncc2ccc(Cl)cc2c1C#Cc1ccc(C2=NCCN2CCN2CCCCC2)cc1.Nc1ncc2ccc(Cl)cc2c1C#Cc1ccc(C2=NCCN2CCN2CCCCC2)cc1. The number of benzene rings is 8. The van der Waals surface area contributed by atoms with Gasteiger partial charge in [-0.1, -0.05) is 192 Å². The minimum absolute atomic E-state index is 0.0187. The maximum absolute atomic E-state index is 6.19. The number of anilines is 4. The summed E-state index contributed by atoms with van der Waals surface area (Å²) in [7, 11) is 0. The summed E-state index contributed by atoms with van der Waals surface area (Å²) >= 11 is 18.5. The van der Waals surface area contributed by atoms with E-state index in [9.17, 15) is 0 Å². The molecule has 4 aromatic heterocycles. The number of nitrogens with one attached hydrogen (secondary N) is 2. The molecule has 0 saturated carbocycles. The number of pyridine rings is 4. The van der Waals surface area contributed by atoms with Crippen molar-refractivity contribution in [1.29, 1.82) is 0 Å². The van der Waals surface area contributed by atoms with Crippen LogP contribution in [0.1, 0.15) is 125 Å². The molecule has 0 atom stereocenters. The molecule has 18 nitrogen and oxygen atoms in total. The highest BCUT2D eigenvalue weighted by molar-refractivity contribution is 6.32. The van der Waals surface area contributed by atoms with E-state index in [0.29, 0.717) is 49.5 Å². The molecule has 2 fully saturated rings. The molecule has 12 aromatic rings. The highest BCUT2D eigenvalue weighted by Crippen LogP contribution is 2.31. The zero-order valence-electron chi connectivity index (χ0n) is 66.8. The van der Waals surface area contributed by atoms with E-state index in [-0.39, 0.29) is 5.54 Å². The van der Waals surface area contributed by atoms with Crippen LogP contribution in [-0.2, 0) is 0 Å². The number of hydrogen-bond donors (Lipinski definition) is 6.